The maximum Gasteiger partial charge on any atom is 0.254 e. The first-order valence-corrected chi connectivity index (χ1v) is 8.15. The zero-order valence-corrected chi connectivity index (χ0v) is 13.7. The summed E-state index contributed by atoms with van der Waals surface area (Å²) in [6.45, 7) is 11.4. The van der Waals surface area contributed by atoms with Crippen LogP contribution >= 0.6 is 0 Å². The number of ether oxygens (including phenoxy) is 1. The molecule has 1 amide bonds. The number of likely N-dealkylation sites (N-methyl/N-ethyl adjacent to an activating group) is 1. The highest BCUT2D eigenvalue weighted by Gasteiger charge is 2.38. The summed E-state index contributed by atoms with van der Waals surface area (Å²) in [5, 5.41) is 0. The molecule has 2 saturated heterocycles. The van der Waals surface area contributed by atoms with Crippen LogP contribution in [0.1, 0.15) is 28.7 Å². The predicted octanol–water partition coefficient (Wildman–Crippen LogP) is 1.49. The number of carbonyl (C=O) groups excluding carboxylic acids is 1. The topological polar surface area (TPSA) is 45.7 Å². The fraction of sp³-hybridized carbons (Fsp3) is 0.647. The summed E-state index contributed by atoms with van der Waals surface area (Å²) in [5.74, 6) is 0.531. The lowest BCUT2D eigenvalue weighted by Crippen LogP contribution is -2.33. The fourth-order valence-corrected chi connectivity index (χ4v) is 3.56. The van der Waals surface area contributed by atoms with Crippen LogP contribution in [0.5, 0.6) is 0 Å². The number of likely N-dealkylation sites (tertiary alicyclic amines) is 1. The van der Waals surface area contributed by atoms with Gasteiger partial charge in [-0.1, -0.05) is 6.92 Å². The van der Waals surface area contributed by atoms with Gasteiger partial charge < -0.3 is 14.5 Å². The van der Waals surface area contributed by atoms with E-state index in [4.69, 9.17) is 4.74 Å². The molecule has 2 aliphatic heterocycles. The van der Waals surface area contributed by atoms with E-state index >= 15 is 0 Å². The van der Waals surface area contributed by atoms with Crippen LogP contribution in [0.25, 0.3) is 0 Å². The minimum absolute atomic E-state index is 0.105. The number of carbonyl (C=O) groups is 1. The first kappa shape index (κ1) is 15.4. The molecule has 0 radical (unpaired) electrons. The Bertz CT molecular complexity index is 541. The highest BCUT2D eigenvalue weighted by molar-refractivity contribution is 5.94. The van der Waals surface area contributed by atoms with E-state index in [0.29, 0.717) is 12.5 Å². The molecule has 22 heavy (non-hydrogen) atoms. The number of rotatable bonds is 2. The second-order valence-corrected chi connectivity index (χ2v) is 6.41. The SMILES string of the molecule is CCN1CCO[C@@H]2CN(C(=O)c3cc(C)nc(C)c3)C[C@@H]2C1. The van der Waals surface area contributed by atoms with Crippen molar-refractivity contribution in [3.05, 3.63) is 29.1 Å². The number of hydrogen-bond donors (Lipinski definition) is 0. The molecule has 120 valence electrons. The predicted molar refractivity (Wildman–Crippen MR) is 85.0 cm³/mol. The van der Waals surface area contributed by atoms with Gasteiger partial charge in [-0.2, -0.15) is 0 Å². The van der Waals surface area contributed by atoms with E-state index in [1.165, 1.54) is 0 Å². The van der Waals surface area contributed by atoms with Gasteiger partial charge in [0.2, 0.25) is 0 Å². The van der Waals surface area contributed by atoms with Crippen LogP contribution < -0.4 is 0 Å². The molecule has 3 heterocycles. The molecule has 2 atom stereocenters. The summed E-state index contributed by atoms with van der Waals surface area (Å²) in [6.07, 6.45) is 0.185. The molecule has 5 heteroatoms. The van der Waals surface area contributed by atoms with Gasteiger partial charge in [0.1, 0.15) is 0 Å². The molecule has 0 unspecified atom stereocenters. The van der Waals surface area contributed by atoms with E-state index in [-0.39, 0.29) is 12.0 Å². The van der Waals surface area contributed by atoms with E-state index in [1.807, 2.05) is 30.9 Å². The lowest BCUT2D eigenvalue weighted by molar-refractivity contribution is 0.0485. The molecule has 2 fully saturated rings. The number of hydrogen-bond acceptors (Lipinski definition) is 4. The normalized spacial score (nSPS) is 25.9. The third-order valence-corrected chi connectivity index (χ3v) is 4.68. The van der Waals surface area contributed by atoms with Crippen molar-refractivity contribution in [2.24, 2.45) is 5.92 Å². The molecule has 5 nitrogen and oxygen atoms in total. The highest BCUT2D eigenvalue weighted by atomic mass is 16.5. The molecule has 1 aromatic heterocycles. The van der Waals surface area contributed by atoms with Crippen LogP contribution in [0.2, 0.25) is 0 Å². The van der Waals surface area contributed by atoms with Gasteiger partial charge >= 0.3 is 0 Å². The Labute approximate surface area is 132 Å². The summed E-state index contributed by atoms with van der Waals surface area (Å²) >= 11 is 0. The minimum atomic E-state index is 0.105. The second kappa shape index (κ2) is 6.34. The monoisotopic (exact) mass is 303 g/mol. The van der Waals surface area contributed by atoms with Crippen molar-refractivity contribution in [3.63, 3.8) is 0 Å². The van der Waals surface area contributed by atoms with Crippen molar-refractivity contribution in [2.75, 3.05) is 39.3 Å². The van der Waals surface area contributed by atoms with Crippen LogP contribution in [0.15, 0.2) is 12.1 Å². The van der Waals surface area contributed by atoms with Crippen molar-refractivity contribution in [1.82, 2.24) is 14.8 Å². The Balaban J connectivity index is 1.73. The molecule has 2 aliphatic rings. The van der Waals surface area contributed by atoms with Crippen LogP contribution in [-0.4, -0.2) is 66.1 Å². The maximum atomic E-state index is 12.8. The first-order valence-electron chi connectivity index (χ1n) is 8.15. The van der Waals surface area contributed by atoms with E-state index in [1.54, 1.807) is 0 Å². The van der Waals surface area contributed by atoms with Gasteiger partial charge in [0.15, 0.2) is 0 Å². The number of nitrogens with zero attached hydrogens (tertiary/aromatic N) is 3. The molecule has 0 spiro atoms. The number of pyridine rings is 1. The molecule has 1 aromatic rings. The number of fused-ring (bicyclic) bond motifs is 1. The van der Waals surface area contributed by atoms with Crippen LogP contribution in [-0.2, 0) is 4.74 Å². The van der Waals surface area contributed by atoms with Crippen LogP contribution in [0.4, 0.5) is 0 Å². The number of aromatic nitrogens is 1. The fourth-order valence-electron chi connectivity index (χ4n) is 3.56. The molecule has 3 rings (SSSR count). The molecule has 0 aromatic carbocycles. The third kappa shape index (κ3) is 3.15. The summed E-state index contributed by atoms with van der Waals surface area (Å²) in [6, 6.07) is 3.76. The molecular formula is C17H25N3O2. The van der Waals surface area contributed by atoms with Gasteiger partial charge in [-0.3, -0.25) is 9.78 Å². The van der Waals surface area contributed by atoms with Gasteiger partial charge in [0.05, 0.1) is 12.7 Å². The average molecular weight is 303 g/mol. The highest BCUT2D eigenvalue weighted by Crippen LogP contribution is 2.25. The summed E-state index contributed by atoms with van der Waals surface area (Å²) < 4.78 is 5.97. The van der Waals surface area contributed by atoms with Crippen LogP contribution in [0.3, 0.4) is 0 Å². The van der Waals surface area contributed by atoms with Gasteiger partial charge in [-0.25, -0.2) is 0 Å². The Kier molecular flexibility index (Phi) is 4.45. The zero-order valence-electron chi connectivity index (χ0n) is 13.7. The Morgan fingerprint density at radius 3 is 2.68 bits per heavy atom. The Morgan fingerprint density at radius 1 is 1.27 bits per heavy atom. The summed E-state index contributed by atoms with van der Waals surface area (Å²) in [5.41, 5.74) is 2.53. The average Bonchev–Trinajstić information content (AvgIpc) is 2.77. The van der Waals surface area contributed by atoms with E-state index in [9.17, 15) is 4.79 Å². The van der Waals surface area contributed by atoms with Gasteiger partial charge in [0, 0.05) is 49.0 Å². The van der Waals surface area contributed by atoms with E-state index in [0.717, 1.165) is 49.7 Å². The van der Waals surface area contributed by atoms with Crippen molar-refractivity contribution < 1.29 is 9.53 Å². The molecule has 0 bridgehead atoms. The summed E-state index contributed by atoms with van der Waals surface area (Å²) in [4.78, 5) is 21.5. The van der Waals surface area contributed by atoms with Crippen molar-refractivity contribution in [1.29, 1.82) is 0 Å². The zero-order chi connectivity index (χ0) is 15.7. The van der Waals surface area contributed by atoms with Gasteiger partial charge in [-0.15, -0.1) is 0 Å². The number of aryl methyl sites for hydroxylation is 2. The summed E-state index contributed by atoms with van der Waals surface area (Å²) in [7, 11) is 0. The maximum absolute atomic E-state index is 12.8. The second-order valence-electron chi connectivity index (χ2n) is 6.41. The lowest BCUT2D eigenvalue weighted by Gasteiger charge is -2.21. The molecule has 0 aliphatic carbocycles. The Morgan fingerprint density at radius 2 is 2.00 bits per heavy atom. The van der Waals surface area contributed by atoms with Crippen LogP contribution in [0, 0.1) is 19.8 Å². The quantitative estimate of drug-likeness (QED) is 0.830. The molecule has 0 saturated carbocycles. The third-order valence-electron chi connectivity index (χ3n) is 4.68. The molecule has 0 N–H and O–H groups in total. The van der Waals surface area contributed by atoms with Crippen molar-refractivity contribution in [2.45, 2.75) is 26.9 Å². The van der Waals surface area contributed by atoms with Gasteiger partial charge in [0.25, 0.3) is 5.91 Å². The smallest absolute Gasteiger partial charge is 0.254 e. The van der Waals surface area contributed by atoms with Crippen molar-refractivity contribution >= 4 is 5.91 Å². The van der Waals surface area contributed by atoms with Gasteiger partial charge in [-0.05, 0) is 32.5 Å². The first-order chi connectivity index (χ1) is 10.6. The standard InChI is InChI=1S/C17H25N3O2/c1-4-19-5-6-22-16-11-20(10-15(16)9-19)17(21)14-7-12(2)18-13(3)8-14/h7-8,15-16H,4-6,9-11H2,1-3H3/t15-,16+/m0/s1. The lowest BCUT2D eigenvalue weighted by atomic mass is 10.1. The van der Waals surface area contributed by atoms with Crippen molar-refractivity contribution in [3.8, 4) is 0 Å². The molecular weight excluding hydrogens is 278 g/mol. The van der Waals surface area contributed by atoms with E-state index in [2.05, 4.69) is 16.8 Å². The van der Waals surface area contributed by atoms with E-state index < -0.39 is 0 Å². The Hall–Kier alpha value is -1.46. The number of amides is 1. The largest absolute Gasteiger partial charge is 0.375 e. The minimum Gasteiger partial charge on any atom is -0.375 e.